The van der Waals surface area contributed by atoms with E-state index in [-0.39, 0.29) is 36.0 Å². The molecule has 10 heteroatoms. The molecule has 1 aliphatic heterocycles. The number of nitrogens with one attached hydrogen (secondary N) is 1. The Kier molecular flexibility index (Phi) is 5.02. The van der Waals surface area contributed by atoms with Crippen LogP contribution in [0, 0.1) is 24.4 Å². The number of hydrogen-bond acceptors (Lipinski definition) is 6. The molecule has 2 heterocycles. The van der Waals surface area contributed by atoms with Crippen molar-refractivity contribution in [3.63, 3.8) is 0 Å². The smallest absolute Gasteiger partial charge is 0.256 e. The zero-order chi connectivity index (χ0) is 22.3. The number of nitrogen functional groups attached to an aromatic ring is 1. The number of anilines is 3. The lowest BCUT2D eigenvalue weighted by Crippen LogP contribution is -2.61. The molecule has 31 heavy (non-hydrogen) atoms. The summed E-state index contributed by atoms with van der Waals surface area (Å²) in [5.41, 5.74) is 4.17. The molecule has 4 N–H and O–H groups in total. The summed E-state index contributed by atoms with van der Waals surface area (Å²) in [5.74, 6) is -3.88. The van der Waals surface area contributed by atoms with Crippen molar-refractivity contribution in [3.05, 3.63) is 76.9 Å². The lowest BCUT2D eigenvalue weighted by atomic mass is 9.89. The lowest BCUT2D eigenvalue weighted by Gasteiger charge is -2.46. The number of carbonyl (C=O) groups excluding carboxylic acids is 1. The van der Waals surface area contributed by atoms with E-state index in [0.717, 1.165) is 12.1 Å². The summed E-state index contributed by atoms with van der Waals surface area (Å²) < 4.78 is 42.7. The van der Waals surface area contributed by atoms with Gasteiger partial charge in [-0.05, 0) is 42.8 Å². The zero-order valence-corrected chi connectivity index (χ0v) is 16.4. The standard InChI is InChI=1S/C21H18F3N5O2/c1-11-2-5-15(14(23)8-11)27-18-12(3-4-13(22)17(18)24)19(30)29-9-21(31,10-29)16-6-7-26-20(25)28-16/h2-8,27,31H,9-10H2,1H3,(H2,25,26,28). The molecule has 0 bridgehead atoms. The molecule has 1 fully saturated rings. The first-order valence-electron chi connectivity index (χ1n) is 9.30. The van der Waals surface area contributed by atoms with Gasteiger partial charge in [0.25, 0.3) is 5.91 Å². The SMILES string of the molecule is Cc1ccc(Nc2c(C(=O)N3CC(O)(c4ccnc(N)n4)C3)ccc(F)c2F)c(F)c1. The van der Waals surface area contributed by atoms with Crippen molar-refractivity contribution in [2.24, 2.45) is 0 Å². The highest BCUT2D eigenvalue weighted by Gasteiger charge is 2.47. The van der Waals surface area contributed by atoms with Crippen LogP contribution >= 0.6 is 0 Å². The van der Waals surface area contributed by atoms with Crippen LogP contribution in [0.25, 0.3) is 0 Å². The van der Waals surface area contributed by atoms with Gasteiger partial charge in [0.2, 0.25) is 5.95 Å². The van der Waals surface area contributed by atoms with Crippen molar-refractivity contribution in [2.75, 3.05) is 24.1 Å². The highest BCUT2D eigenvalue weighted by Crippen LogP contribution is 2.35. The molecule has 3 aromatic rings. The molecule has 2 aromatic carbocycles. The van der Waals surface area contributed by atoms with Gasteiger partial charge in [-0.15, -0.1) is 0 Å². The van der Waals surface area contributed by atoms with Gasteiger partial charge in [0.1, 0.15) is 11.4 Å². The van der Waals surface area contributed by atoms with E-state index in [9.17, 15) is 23.1 Å². The monoisotopic (exact) mass is 429 g/mol. The Labute approximate surface area is 175 Å². The van der Waals surface area contributed by atoms with E-state index in [0.29, 0.717) is 5.56 Å². The van der Waals surface area contributed by atoms with Crippen LogP contribution in [0.5, 0.6) is 0 Å². The Morgan fingerprint density at radius 2 is 1.90 bits per heavy atom. The number of hydrogen-bond donors (Lipinski definition) is 3. The van der Waals surface area contributed by atoms with Crippen molar-refractivity contribution in [1.82, 2.24) is 14.9 Å². The molecular formula is C21H18F3N5O2. The van der Waals surface area contributed by atoms with Crippen molar-refractivity contribution in [3.8, 4) is 0 Å². The number of amides is 1. The van der Waals surface area contributed by atoms with E-state index in [1.807, 2.05) is 0 Å². The summed E-state index contributed by atoms with van der Waals surface area (Å²) >= 11 is 0. The first-order chi connectivity index (χ1) is 14.7. The molecule has 7 nitrogen and oxygen atoms in total. The second-order valence-electron chi connectivity index (χ2n) is 7.39. The molecule has 0 aliphatic carbocycles. The number of nitrogens with two attached hydrogens (primary N) is 1. The molecule has 1 aliphatic rings. The van der Waals surface area contributed by atoms with Gasteiger partial charge in [-0.3, -0.25) is 4.79 Å². The van der Waals surface area contributed by atoms with E-state index >= 15 is 0 Å². The van der Waals surface area contributed by atoms with Crippen LogP contribution in [-0.4, -0.2) is 39.0 Å². The third-order valence-corrected chi connectivity index (χ3v) is 5.05. The minimum atomic E-state index is -1.44. The Morgan fingerprint density at radius 3 is 2.58 bits per heavy atom. The van der Waals surface area contributed by atoms with Crippen LogP contribution in [0.3, 0.4) is 0 Å². The third-order valence-electron chi connectivity index (χ3n) is 5.05. The number of carbonyl (C=O) groups is 1. The van der Waals surface area contributed by atoms with Gasteiger partial charge in [0.15, 0.2) is 11.6 Å². The minimum absolute atomic E-state index is 0.0251. The summed E-state index contributed by atoms with van der Waals surface area (Å²) in [6.45, 7) is 1.40. The van der Waals surface area contributed by atoms with Gasteiger partial charge >= 0.3 is 0 Å². The second-order valence-corrected chi connectivity index (χ2v) is 7.39. The van der Waals surface area contributed by atoms with Crippen molar-refractivity contribution in [1.29, 1.82) is 0 Å². The summed E-state index contributed by atoms with van der Waals surface area (Å²) in [4.78, 5) is 21.9. The first kappa shape index (κ1) is 20.6. The van der Waals surface area contributed by atoms with E-state index in [1.165, 1.54) is 29.3 Å². The Bertz CT molecular complexity index is 1180. The highest BCUT2D eigenvalue weighted by atomic mass is 19.2. The number of halogens is 3. The molecule has 160 valence electrons. The van der Waals surface area contributed by atoms with Crippen LogP contribution in [-0.2, 0) is 5.60 Å². The maximum Gasteiger partial charge on any atom is 0.256 e. The number of aromatic nitrogens is 2. The van der Waals surface area contributed by atoms with Crippen molar-refractivity contribution >= 4 is 23.2 Å². The van der Waals surface area contributed by atoms with Crippen molar-refractivity contribution in [2.45, 2.75) is 12.5 Å². The summed E-state index contributed by atoms with van der Waals surface area (Å²) in [5, 5.41) is 13.2. The van der Waals surface area contributed by atoms with E-state index < -0.39 is 34.6 Å². The Hall–Kier alpha value is -3.66. The van der Waals surface area contributed by atoms with Crippen LogP contribution < -0.4 is 11.1 Å². The predicted molar refractivity (Wildman–Crippen MR) is 107 cm³/mol. The fourth-order valence-electron chi connectivity index (χ4n) is 3.40. The third kappa shape index (κ3) is 3.77. The van der Waals surface area contributed by atoms with Crippen LogP contribution in [0.1, 0.15) is 21.6 Å². The second kappa shape index (κ2) is 7.55. The van der Waals surface area contributed by atoms with Gasteiger partial charge in [-0.1, -0.05) is 6.07 Å². The molecule has 0 atom stereocenters. The zero-order valence-electron chi connectivity index (χ0n) is 16.4. The largest absolute Gasteiger partial charge is 0.380 e. The average molecular weight is 429 g/mol. The van der Waals surface area contributed by atoms with E-state index in [2.05, 4.69) is 15.3 Å². The number of aliphatic hydroxyl groups is 1. The molecule has 1 amide bonds. The number of aryl methyl sites for hydroxylation is 1. The number of benzene rings is 2. The predicted octanol–water partition coefficient (Wildman–Crippen LogP) is 2.87. The molecule has 4 rings (SSSR count). The lowest BCUT2D eigenvalue weighted by molar-refractivity contribution is -0.0891. The summed E-state index contributed by atoms with van der Waals surface area (Å²) in [6, 6.07) is 7.58. The number of β-amino-alcohol motifs (C(OH)–C–C–N with tert-alkyl or cyclic N) is 1. The average Bonchev–Trinajstić information content (AvgIpc) is 2.70. The number of nitrogens with zero attached hydrogens (tertiary/aromatic N) is 3. The summed E-state index contributed by atoms with van der Waals surface area (Å²) in [7, 11) is 0. The summed E-state index contributed by atoms with van der Waals surface area (Å²) in [6.07, 6.45) is 1.38. The topological polar surface area (TPSA) is 104 Å². The molecular weight excluding hydrogens is 411 g/mol. The molecule has 0 saturated carbocycles. The number of rotatable bonds is 4. The van der Waals surface area contributed by atoms with Gasteiger partial charge < -0.3 is 21.1 Å². The van der Waals surface area contributed by atoms with Crippen LogP contribution in [0.15, 0.2) is 42.6 Å². The molecule has 0 spiro atoms. The Balaban J connectivity index is 1.61. The van der Waals surface area contributed by atoms with Crippen LogP contribution in [0.2, 0.25) is 0 Å². The first-order valence-corrected chi connectivity index (χ1v) is 9.30. The molecule has 0 unspecified atom stereocenters. The highest BCUT2D eigenvalue weighted by molar-refractivity contribution is 6.01. The van der Waals surface area contributed by atoms with Gasteiger partial charge in [-0.2, -0.15) is 0 Å². The van der Waals surface area contributed by atoms with Gasteiger partial charge in [0, 0.05) is 6.20 Å². The van der Waals surface area contributed by atoms with Crippen LogP contribution in [0.4, 0.5) is 30.5 Å². The van der Waals surface area contributed by atoms with Gasteiger partial charge in [0.05, 0.1) is 35.7 Å². The fraction of sp³-hybridized carbons (Fsp3) is 0.190. The van der Waals surface area contributed by atoms with E-state index in [4.69, 9.17) is 5.73 Å². The molecule has 1 aromatic heterocycles. The molecule has 1 saturated heterocycles. The Morgan fingerprint density at radius 1 is 1.16 bits per heavy atom. The van der Waals surface area contributed by atoms with Crippen molar-refractivity contribution < 1.29 is 23.1 Å². The normalized spacial score (nSPS) is 14.8. The fourth-order valence-corrected chi connectivity index (χ4v) is 3.40. The maximum atomic E-state index is 14.6. The maximum absolute atomic E-state index is 14.6. The number of likely N-dealkylation sites (tertiary alicyclic amines) is 1. The minimum Gasteiger partial charge on any atom is -0.380 e. The van der Waals surface area contributed by atoms with E-state index in [1.54, 1.807) is 13.0 Å². The van der Waals surface area contributed by atoms with Gasteiger partial charge in [-0.25, -0.2) is 23.1 Å². The quantitative estimate of drug-likeness (QED) is 0.589. The molecule has 0 radical (unpaired) electrons.